The molecule has 2 aromatic rings. The number of hydrogen-bond acceptors (Lipinski definition) is 4. The van der Waals surface area contributed by atoms with Gasteiger partial charge in [-0.15, -0.1) is 0 Å². The van der Waals surface area contributed by atoms with Gasteiger partial charge in [-0.05, 0) is 35.4 Å². The number of nitrogens with one attached hydrogen (secondary N) is 2. The van der Waals surface area contributed by atoms with E-state index in [9.17, 15) is 18.0 Å². The van der Waals surface area contributed by atoms with Gasteiger partial charge >= 0.3 is 12.6 Å². The van der Waals surface area contributed by atoms with Gasteiger partial charge in [0.2, 0.25) is 0 Å². The van der Waals surface area contributed by atoms with Gasteiger partial charge < -0.3 is 25.0 Å². The average Bonchev–Trinajstić information content (AvgIpc) is 2.64. The van der Waals surface area contributed by atoms with E-state index in [4.69, 9.17) is 4.74 Å². The van der Waals surface area contributed by atoms with Crippen LogP contribution >= 0.6 is 0 Å². The zero-order valence-corrected chi connectivity index (χ0v) is 15.8. The monoisotopic (exact) mass is 397 g/mol. The Balaban J connectivity index is 1.88. The molecule has 0 saturated heterocycles. The van der Waals surface area contributed by atoms with Crippen LogP contribution < -0.4 is 25.0 Å². The Morgan fingerprint density at radius 3 is 2.18 bits per heavy atom. The number of benzene rings is 2. The highest BCUT2D eigenvalue weighted by molar-refractivity contribution is 5.73. The van der Waals surface area contributed by atoms with E-state index >= 15 is 0 Å². The van der Waals surface area contributed by atoms with Gasteiger partial charge in [0.25, 0.3) is 0 Å². The fourth-order valence-corrected chi connectivity index (χ4v) is 2.47. The van der Waals surface area contributed by atoms with Crippen LogP contribution in [0.1, 0.15) is 11.1 Å². The summed E-state index contributed by atoms with van der Waals surface area (Å²) < 4.78 is 48.0. The zero-order valence-electron chi connectivity index (χ0n) is 15.8. The van der Waals surface area contributed by atoms with E-state index in [2.05, 4.69) is 15.4 Å². The van der Waals surface area contributed by atoms with E-state index in [-0.39, 0.29) is 30.4 Å². The third-order valence-corrected chi connectivity index (χ3v) is 3.84. The smallest absolute Gasteiger partial charge is 0.387 e. The van der Waals surface area contributed by atoms with Gasteiger partial charge in [-0.25, -0.2) is 9.18 Å². The molecule has 2 N–H and O–H groups in total. The Kier molecular flexibility index (Phi) is 7.36. The lowest BCUT2D eigenvalue weighted by Crippen LogP contribution is -2.34. The minimum atomic E-state index is -2.96. The van der Waals surface area contributed by atoms with E-state index in [0.29, 0.717) is 16.8 Å². The summed E-state index contributed by atoms with van der Waals surface area (Å²) in [4.78, 5) is 13.6. The highest BCUT2D eigenvalue weighted by Crippen LogP contribution is 2.29. The molecule has 0 aliphatic rings. The number of rotatable bonds is 8. The van der Waals surface area contributed by atoms with Crippen molar-refractivity contribution in [3.63, 3.8) is 0 Å². The second kappa shape index (κ2) is 9.72. The largest absolute Gasteiger partial charge is 0.493 e. The predicted molar refractivity (Wildman–Crippen MR) is 99.4 cm³/mol. The predicted octanol–water partition coefficient (Wildman–Crippen LogP) is 3.50. The minimum Gasteiger partial charge on any atom is -0.493 e. The molecular weight excluding hydrogens is 375 g/mol. The summed E-state index contributed by atoms with van der Waals surface area (Å²) in [5.41, 5.74) is 1.71. The molecule has 9 heteroatoms. The van der Waals surface area contributed by atoms with Gasteiger partial charge in [-0.1, -0.05) is 12.1 Å². The van der Waals surface area contributed by atoms with Crippen LogP contribution in [0, 0.1) is 5.82 Å². The van der Waals surface area contributed by atoms with Crippen LogP contribution in [0.2, 0.25) is 0 Å². The van der Waals surface area contributed by atoms with E-state index < -0.39 is 12.6 Å². The molecule has 0 aromatic heterocycles. The number of anilines is 1. The van der Waals surface area contributed by atoms with Crippen molar-refractivity contribution in [3.05, 3.63) is 53.3 Å². The molecule has 0 unspecified atom stereocenters. The highest BCUT2D eigenvalue weighted by atomic mass is 19.3. The van der Waals surface area contributed by atoms with Crippen molar-refractivity contribution < 1.29 is 27.4 Å². The summed E-state index contributed by atoms with van der Waals surface area (Å²) in [6.45, 7) is -2.66. The van der Waals surface area contributed by atoms with Gasteiger partial charge in [0.05, 0.1) is 12.8 Å². The maximum Gasteiger partial charge on any atom is 0.387 e. The standard InChI is InChI=1S/C19H22F3N3O3/c1-25(2)15-6-4-12(8-14(15)20)10-23-19(26)24-11-13-5-7-16(28-18(21)22)17(9-13)27-3/h4-9,18H,10-11H2,1-3H3,(H2,23,24,26). The fraction of sp³-hybridized carbons (Fsp3) is 0.316. The van der Waals surface area contributed by atoms with Gasteiger partial charge in [-0.2, -0.15) is 8.78 Å². The molecule has 6 nitrogen and oxygen atoms in total. The van der Waals surface area contributed by atoms with Crippen molar-refractivity contribution >= 4 is 11.7 Å². The Bertz CT molecular complexity index is 816. The van der Waals surface area contributed by atoms with Crippen LogP contribution in [0.3, 0.4) is 0 Å². The Morgan fingerprint density at radius 2 is 1.64 bits per heavy atom. The highest BCUT2D eigenvalue weighted by Gasteiger charge is 2.12. The molecule has 0 bridgehead atoms. The molecule has 0 fully saturated rings. The van der Waals surface area contributed by atoms with Crippen LogP contribution in [0.15, 0.2) is 36.4 Å². The van der Waals surface area contributed by atoms with Crippen LogP contribution in [-0.4, -0.2) is 33.8 Å². The number of methoxy groups -OCH3 is 1. The van der Waals surface area contributed by atoms with Crippen molar-refractivity contribution in [2.75, 3.05) is 26.1 Å². The van der Waals surface area contributed by atoms with Crippen LogP contribution in [0.4, 0.5) is 23.7 Å². The zero-order chi connectivity index (χ0) is 20.7. The Hall–Kier alpha value is -3.10. The molecule has 28 heavy (non-hydrogen) atoms. The number of carbonyl (C=O) groups is 1. The van der Waals surface area contributed by atoms with Crippen LogP contribution in [0.25, 0.3) is 0 Å². The molecule has 2 aromatic carbocycles. The SMILES string of the molecule is COc1cc(CNC(=O)NCc2ccc(N(C)C)c(F)c2)ccc1OC(F)F. The van der Waals surface area contributed by atoms with E-state index in [1.54, 1.807) is 31.1 Å². The van der Waals surface area contributed by atoms with Crippen molar-refractivity contribution in [1.82, 2.24) is 10.6 Å². The summed E-state index contributed by atoms with van der Waals surface area (Å²) in [7, 11) is 4.81. The van der Waals surface area contributed by atoms with Crippen LogP contribution in [0.5, 0.6) is 11.5 Å². The summed E-state index contributed by atoms with van der Waals surface area (Å²) in [6, 6.07) is 8.65. The lowest BCUT2D eigenvalue weighted by atomic mass is 10.2. The van der Waals surface area contributed by atoms with Crippen molar-refractivity contribution in [1.29, 1.82) is 0 Å². The van der Waals surface area contributed by atoms with E-state index in [0.717, 1.165) is 0 Å². The summed E-state index contributed by atoms with van der Waals surface area (Å²) in [5.74, 6) is -0.326. The number of amides is 2. The molecule has 2 rings (SSSR count). The number of alkyl halides is 2. The lowest BCUT2D eigenvalue weighted by molar-refractivity contribution is -0.0512. The number of carbonyl (C=O) groups excluding carboxylic acids is 1. The third kappa shape index (κ3) is 5.97. The summed E-state index contributed by atoms with van der Waals surface area (Å²) in [5, 5.41) is 5.25. The second-order valence-corrected chi connectivity index (χ2v) is 6.08. The molecule has 0 saturated carbocycles. The van der Waals surface area contributed by atoms with E-state index in [1.807, 2.05) is 0 Å². The average molecular weight is 397 g/mol. The summed E-state index contributed by atoms with van der Waals surface area (Å²) >= 11 is 0. The first-order chi connectivity index (χ1) is 13.3. The number of hydrogen-bond donors (Lipinski definition) is 2. The molecule has 0 heterocycles. The molecule has 0 atom stereocenters. The number of ether oxygens (including phenoxy) is 2. The van der Waals surface area contributed by atoms with Gasteiger partial charge in [0.15, 0.2) is 11.5 Å². The molecule has 0 aliphatic carbocycles. The van der Waals surface area contributed by atoms with Crippen LogP contribution in [-0.2, 0) is 13.1 Å². The first kappa shape index (κ1) is 21.2. The molecule has 2 amide bonds. The topological polar surface area (TPSA) is 62.8 Å². The van der Waals surface area contributed by atoms with Gasteiger partial charge in [-0.3, -0.25) is 0 Å². The quantitative estimate of drug-likeness (QED) is 0.716. The number of urea groups is 1. The normalized spacial score (nSPS) is 10.5. The van der Waals surface area contributed by atoms with Crippen molar-refractivity contribution in [3.8, 4) is 11.5 Å². The second-order valence-electron chi connectivity index (χ2n) is 6.08. The Morgan fingerprint density at radius 1 is 1.04 bits per heavy atom. The minimum absolute atomic E-state index is 0.0890. The van der Waals surface area contributed by atoms with Gasteiger partial charge in [0.1, 0.15) is 5.82 Å². The maximum absolute atomic E-state index is 13.9. The number of nitrogens with zero attached hydrogens (tertiary/aromatic N) is 1. The molecule has 0 radical (unpaired) electrons. The van der Waals surface area contributed by atoms with E-state index in [1.165, 1.54) is 31.4 Å². The number of halogens is 3. The molecule has 152 valence electrons. The van der Waals surface area contributed by atoms with Gasteiger partial charge in [0, 0.05) is 27.2 Å². The first-order valence-corrected chi connectivity index (χ1v) is 8.39. The van der Waals surface area contributed by atoms with Crippen molar-refractivity contribution in [2.45, 2.75) is 19.7 Å². The first-order valence-electron chi connectivity index (χ1n) is 8.39. The maximum atomic E-state index is 13.9. The molecule has 0 spiro atoms. The van der Waals surface area contributed by atoms with Crippen molar-refractivity contribution in [2.24, 2.45) is 0 Å². The summed E-state index contributed by atoms with van der Waals surface area (Å²) in [6.07, 6.45) is 0. The molecule has 0 aliphatic heterocycles. The Labute approximate surface area is 161 Å². The molecular formula is C19H22F3N3O3. The lowest BCUT2D eigenvalue weighted by Gasteiger charge is -2.14. The third-order valence-electron chi connectivity index (χ3n) is 3.84. The fourth-order valence-electron chi connectivity index (χ4n) is 2.47.